The van der Waals surface area contributed by atoms with Gasteiger partial charge >= 0.3 is 6.61 Å². The van der Waals surface area contributed by atoms with Crippen molar-refractivity contribution in [1.29, 1.82) is 0 Å². The summed E-state index contributed by atoms with van der Waals surface area (Å²) < 4.78 is 44.3. The van der Waals surface area contributed by atoms with Crippen molar-refractivity contribution >= 4 is 11.6 Å². The molecule has 0 aliphatic carbocycles. The molecule has 0 unspecified atom stereocenters. The van der Waals surface area contributed by atoms with Crippen molar-refractivity contribution in [3.05, 3.63) is 42.0 Å². The van der Waals surface area contributed by atoms with Crippen LogP contribution in [-0.4, -0.2) is 33.8 Å². The Morgan fingerprint density at radius 2 is 1.64 bits per heavy atom. The zero-order chi connectivity index (χ0) is 18.4. The molecule has 0 aliphatic heterocycles. The lowest BCUT2D eigenvalue weighted by atomic mass is 10.1. The fraction of sp³-hybridized carbons (Fsp3) is 0.235. The van der Waals surface area contributed by atoms with Gasteiger partial charge in [-0.15, -0.1) is 0 Å². The third-order valence-corrected chi connectivity index (χ3v) is 3.30. The number of alkyl halides is 2. The van der Waals surface area contributed by atoms with Crippen LogP contribution in [0.2, 0.25) is 0 Å². The molecule has 0 heterocycles. The van der Waals surface area contributed by atoms with E-state index in [2.05, 4.69) is 10.1 Å². The van der Waals surface area contributed by atoms with E-state index in [1.165, 1.54) is 39.5 Å². The topological polar surface area (TPSA) is 66.0 Å². The molecule has 0 saturated heterocycles. The van der Waals surface area contributed by atoms with Crippen LogP contribution in [0.3, 0.4) is 0 Å². The minimum atomic E-state index is -2.99. The highest BCUT2D eigenvalue weighted by Gasteiger charge is 2.15. The van der Waals surface area contributed by atoms with Crippen LogP contribution in [0.15, 0.2) is 36.4 Å². The number of hydrogen-bond donors (Lipinski definition) is 1. The van der Waals surface area contributed by atoms with Crippen LogP contribution in [0.25, 0.3) is 0 Å². The Bertz CT molecular complexity index is 752. The molecule has 2 aromatic rings. The first kappa shape index (κ1) is 18.3. The number of anilines is 1. The standard InChI is InChI=1S/C17H17F2NO5/c1-22-11-5-6-12(14(9-11)23-2)20-16(21)10-4-7-13(25-17(18)19)15(8-10)24-3/h4-9,17H,1-3H3,(H,20,21). The SMILES string of the molecule is COc1ccc(NC(=O)c2ccc(OC(F)F)c(OC)c2)c(OC)c1. The summed E-state index contributed by atoms with van der Waals surface area (Å²) in [6.07, 6.45) is 0. The van der Waals surface area contributed by atoms with E-state index in [4.69, 9.17) is 14.2 Å². The first-order chi connectivity index (χ1) is 12.0. The molecule has 2 aromatic carbocycles. The highest BCUT2D eigenvalue weighted by molar-refractivity contribution is 6.05. The third kappa shape index (κ3) is 4.50. The van der Waals surface area contributed by atoms with Crippen LogP contribution in [0.4, 0.5) is 14.5 Å². The summed E-state index contributed by atoms with van der Waals surface area (Å²) in [4.78, 5) is 12.4. The van der Waals surface area contributed by atoms with Crippen molar-refractivity contribution in [1.82, 2.24) is 0 Å². The molecule has 6 nitrogen and oxygen atoms in total. The lowest BCUT2D eigenvalue weighted by molar-refractivity contribution is -0.0512. The highest BCUT2D eigenvalue weighted by atomic mass is 19.3. The van der Waals surface area contributed by atoms with Crippen molar-refractivity contribution in [3.8, 4) is 23.0 Å². The molecule has 1 amide bonds. The minimum absolute atomic E-state index is 0.0228. The first-order valence-electron chi connectivity index (χ1n) is 7.14. The monoisotopic (exact) mass is 353 g/mol. The molecule has 0 spiro atoms. The van der Waals surface area contributed by atoms with E-state index in [1.807, 2.05) is 0 Å². The lowest BCUT2D eigenvalue weighted by Crippen LogP contribution is -2.13. The molecule has 0 saturated carbocycles. The van der Waals surface area contributed by atoms with E-state index >= 15 is 0 Å². The number of amides is 1. The Kier molecular flexibility index (Phi) is 5.99. The molecule has 0 fully saturated rings. The van der Waals surface area contributed by atoms with E-state index < -0.39 is 12.5 Å². The predicted octanol–water partition coefficient (Wildman–Crippen LogP) is 3.57. The molecule has 1 N–H and O–H groups in total. The van der Waals surface area contributed by atoms with Gasteiger partial charge in [0.15, 0.2) is 11.5 Å². The molecule has 0 radical (unpaired) electrons. The smallest absolute Gasteiger partial charge is 0.387 e. The molecule has 0 aromatic heterocycles. The molecular formula is C17H17F2NO5. The molecular weight excluding hydrogens is 336 g/mol. The normalized spacial score (nSPS) is 10.3. The number of hydrogen-bond acceptors (Lipinski definition) is 5. The Morgan fingerprint density at radius 1 is 0.920 bits per heavy atom. The number of methoxy groups -OCH3 is 3. The van der Waals surface area contributed by atoms with Gasteiger partial charge in [-0.25, -0.2) is 0 Å². The van der Waals surface area contributed by atoms with E-state index in [9.17, 15) is 13.6 Å². The van der Waals surface area contributed by atoms with Gasteiger partial charge in [-0.05, 0) is 30.3 Å². The quantitative estimate of drug-likeness (QED) is 0.824. The molecule has 134 valence electrons. The summed E-state index contributed by atoms with van der Waals surface area (Å²) in [5.74, 6) is 0.387. The van der Waals surface area contributed by atoms with Crippen molar-refractivity contribution in [3.63, 3.8) is 0 Å². The van der Waals surface area contributed by atoms with Crippen LogP contribution in [-0.2, 0) is 0 Å². The Labute approximate surface area is 143 Å². The van der Waals surface area contributed by atoms with E-state index in [-0.39, 0.29) is 17.1 Å². The minimum Gasteiger partial charge on any atom is -0.497 e. The third-order valence-electron chi connectivity index (χ3n) is 3.30. The van der Waals surface area contributed by atoms with Gasteiger partial charge in [0.1, 0.15) is 11.5 Å². The summed E-state index contributed by atoms with van der Waals surface area (Å²) in [7, 11) is 4.27. The number of rotatable bonds is 7. The molecule has 8 heteroatoms. The van der Waals surface area contributed by atoms with Crippen molar-refractivity contribution in [2.24, 2.45) is 0 Å². The highest BCUT2D eigenvalue weighted by Crippen LogP contribution is 2.32. The van der Waals surface area contributed by atoms with Gasteiger partial charge in [-0.1, -0.05) is 0 Å². The van der Waals surface area contributed by atoms with Crippen LogP contribution in [0.5, 0.6) is 23.0 Å². The number of carbonyl (C=O) groups is 1. The van der Waals surface area contributed by atoms with Gasteiger partial charge in [0, 0.05) is 11.6 Å². The molecule has 0 bridgehead atoms. The van der Waals surface area contributed by atoms with Gasteiger partial charge in [0.25, 0.3) is 5.91 Å². The Balaban J connectivity index is 2.23. The van der Waals surface area contributed by atoms with Gasteiger partial charge < -0.3 is 24.3 Å². The number of halogens is 2. The Hall–Kier alpha value is -3.03. The average molecular weight is 353 g/mol. The lowest BCUT2D eigenvalue weighted by Gasteiger charge is -2.13. The number of benzene rings is 2. The predicted molar refractivity (Wildman–Crippen MR) is 87.1 cm³/mol. The molecule has 0 aliphatic rings. The molecule has 0 atom stereocenters. The van der Waals surface area contributed by atoms with Crippen molar-refractivity contribution in [2.75, 3.05) is 26.6 Å². The van der Waals surface area contributed by atoms with E-state index in [0.29, 0.717) is 17.2 Å². The van der Waals surface area contributed by atoms with Gasteiger partial charge in [-0.3, -0.25) is 4.79 Å². The second kappa shape index (κ2) is 8.18. The van der Waals surface area contributed by atoms with Gasteiger partial charge in [-0.2, -0.15) is 8.78 Å². The van der Waals surface area contributed by atoms with Crippen molar-refractivity contribution < 1.29 is 32.5 Å². The van der Waals surface area contributed by atoms with Crippen LogP contribution < -0.4 is 24.3 Å². The average Bonchev–Trinajstić information content (AvgIpc) is 2.61. The van der Waals surface area contributed by atoms with E-state index in [0.717, 1.165) is 0 Å². The number of carbonyl (C=O) groups excluding carboxylic acids is 1. The summed E-state index contributed by atoms with van der Waals surface area (Å²) in [5, 5.41) is 2.68. The maximum Gasteiger partial charge on any atom is 0.387 e. The summed E-state index contributed by atoms with van der Waals surface area (Å²) in [6, 6.07) is 8.81. The van der Waals surface area contributed by atoms with Gasteiger partial charge in [0.2, 0.25) is 0 Å². The number of ether oxygens (including phenoxy) is 4. The van der Waals surface area contributed by atoms with Crippen LogP contribution in [0, 0.1) is 0 Å². The number of nitrogens with one attached hydrogen (secondary N) is 1. The maximum atomic E-state index is 12.4. The summed E-state index contributed by atoms with van der Waals surface area (Å²) in [6.45, 7) is -2.99. The molecule has 2 rings (SSSR count). The zero-order valence-corrected chi connectivity index (χ0v) is 13.8. The second-order valence-electron chi connectivity index (χ2n) is 4.76. The fourth-order valence-corrected chi connectivity index (χ4v) is 2.10. The second-order valence-corrected chi connectivity index (χ2v) is 4.76. The summed E-state index contributed by atoms with van der Waals surface area (Å²) >= 11 is 0. The van der Waals surface area contributed by atoms with Gasteiger partial charge in [0.05, 0.1) is 27.0 Å². The molecule has 25 heavy (non-hydrogen) atoms. The Morgan fingerprint density at radius 3 is 2.24 bits per heavy atom. The summed E-state index contributed by atoms with van der Waals surface area (Å²) in [5.41, 5.74) is 0.636. The van der Waals surface area contributed by atoms with Crippen LogP contribution in [0.1, 0.15) is 10.4 Å². The first-order valence-corrected chi connectivity index (χ1v) is 7.14. The van der Waals surface area contributed by atoms with Crippen LogP contribution >= 0.6 is 0 Å². The van der Waals surface area contributed by atoms with Crippen molar-refractivity contribution in [2.45, 2.75) is 6.61 Å². The van der Waals surface area contributed by atoms with E-state index in [1.54, 1.807) is 18.2 Å². The fourth-order valence-electron chi connectivity index (χ4n) is 2.10. The largest absolute Gasteiger partial charge is 0.497 e. The maximum absolute atomic E-state index is 12.4. The zero-order valence-electron chi connectivity index (χ0n) is 13.8.